The lowest BCUT2D eigenvalue weighted by Gasteiger charge is -2.37. The second-order valence-electron chi connectivity index (χ2n) is 6.27. The Balaban J connectivity index is 1.97. The highest BCUT2D eigenvalue weighted by atomic mass is 35.5. The van der Waals surface area contributed by atoms with Crippen LogP contribution in [0.3, 0.4) is 0 Å². The largest absolute Gasteiger partial charge is 0.373 e. The van der Waals surface area contributed by atoms with Crippen molar-refractivity contribution in [3.05, 3.63) is 5.01 Å². The maximum atomic E-state index is 12.6. The summed E-state index contributed by atoms with van der Waals surface area (Å²) in [6, 6.07) is -0.209. The summed E-state index contributed by atoms with van der Waals surface area (Å²) in [5.41, 5.74) is 0. The molecule has 1 saturated heterocycles. The van der Waals surface area contributed by atoms with Crippen LogP contribution >= 0.6 is 22.9 Å². The van der Waals surface area contributed by atoms with Crippen LogP contribution in [-0.2, 0) is 6.42 Å². The number of hydrogen-bond donors (Lipinski definition) is 1. The average molecular weight is 375 g/mol. The minimum absolute atomic E-state index is 0.0225. The van der Waals surface area contributed by atoms with E-state index in [1.54, 1.807) is 4.90 Å². The van der Waals surface area contributed by atoms with E-state index in [0.29, 0.717) is 24.6 Å². The minimum atomic E-state index is -0.830. The SMILES string of the molecule is CCCCCCc1nnc(N2C(=O)N(CCC(C)Cl)CCC2O)s1. The van der Waals surface area contributed by atoms with Gasteiger partial charge < -0.3 is 10.0 Å². The van der Waals surface area contributed by atoms with Crippen molar-refractivity contribution in [2.75, 3.05) is 18.0 Å². The van der Waals surface area contributed by atoms with Gasteiger partial charge in [0.2, 0.25) is 5.13 Å². The van der Waals surface area contributed by atoms with Crippen LogP contribution < -0.4 is 4.90 Å². The third kappa shape index (κ3) is 5.29. The number of hydrogen-bond acceptors (Lipinski definition) is 5. The molecule has 1 fully saturated rings. The molecule has 0 bridgehead atoms. The fourth-order valence-corrected chi connectivity index (χ4v) is 3.69. The molecule has 0 aromatic carbocycles. The number of urea groups is 1. The molecule has 2 unspecified atom stereocenters. The molecule has 2 amide bonds. The molecule has 2 atom stereocenters. The Morgan fingerprint density at radius 1 is 1.38 bits per heavy atom. The van der Waals surface area contributed by atoms with E-state index >= 15 is 0 Å². The third-order valence-corrected chi connectivity index (χ3v) is 5.34. The number of unbranched alkanes of at least 4 members (excludes halogenated alkanes) is 3. The second-order valence-corrected chi connectivity index (χ2v) is 8.05. The van der Waals surface area contributed by atoms with Gasteiger partial charge in [-0.1, -0.05) is 37.5 Å². The highest BCUT2D eigenvalue weighted by molar-refractivity contribution is 7.15. The Labute approximate surface area is 152 Å². The summed E-state index contributed by atoms with van der Waals surface area (Å²) >= 11 is 7.38. The maximum Gasteiger partial charge on any atom is 0.328 e. The fourth-order valence-electron chi connectivity index (χ4n) is 2.67. The van der Waals surface area contributed by atoms with E-state index in [1.165, 1.54) is 35.5 Å². The van der Waals surface area contributed by atoms with E-state index in [2.05, 4.69) is 17.1 Å². The Hall–Kier alpha value is -0.920. The quantitative estimate of drug-likeness (QED) is 0.529. The number of aliphatic hydroxyl groups excluding tert-OH is 1. The van der Waals surface area contributed by atoms with Gasteiger partial charge in [-0.05, 0) is 19.8 Å². The summed E-state index contributed by atoms with van der Waals surface area (Å²) in [6.45, 7) is 5.24. The van der Waals surface area contributed by atoms with Crippen LogP contribution in [0, 0.1) is 0 Å². The van der Waals surface area contributed by atoms with Crippen molar-refractivity contribution in [2.45, 2.75) is 70.4 Å². The predicted molar refractivity (Wildman–Crippen MR) is 97.8 cm³/mol. The summed E-state index contributed by atoms with van der Waals surface area (Å²) in [7, 11) is 0. The van der Waals surface area contributed by atoms with Crippen molar-refractivity contribution in [2.24, 2.45) is 0 Å². The Morgan fingerprint density at radius 3 is 2.88 bits per heavy atom. The first-order valence-electron chi connectivity index (χ1n) is 8.75. The molecule has 0 radical (unpaired) electrons. The summed E-state index contributed by atoms with van der Waals surface area (Å²) in [5, 5.41) is 20.0. The van der Waals surface area contributed by atoms with E-state index < -0.39 is 6.23 Å². The molecule has 136 valence electrons. The zero-order chi connectivity index (χ0) is 17.5. The van der Waals surface area contributed by atoms with Gasteiger partial charge in [0, 0.05) is 31.3 Å². The lowest BCUT2D eigenvalue weighted by Crippen LogP contribution is -2.55. The van der Waals surface area contributed by atoms with E-state index in [4.69, 9.17) is 11.6 Å². The zero-order valence-electron chi connectivity index (χ0n) is 14.4. The molecule has 8 heteroatoms. The minimum Gasteiger partial charge on any atom is -0.373 e. The third-order valence-electron chi connectivity index (χ3n) is 4.14. The van der Waals surface area contributed by atoms with Gasteiger partial charge in [-0.15, -0.1) is 21.8 Å². The first kappa shape index (κ1) is 19.4. The number of aliphatic hydroxyl groups is 1. The standard InChI is InChI=1S/C16H27ClN4O2S/c1-3-4-5-6-7-13-18-19-15(24-13)21-14(22)9-11-20(16(21)23)10-8-12(2)17/h12,14,22H,3-11H2,1-2H3. The van der Waals surface area contributed by atoms with Crippen LogP contribution in [0.25, 0.3) is 0 Å². The molecule has 1 aliphatic heterocycles. The Kier molecular flexibility index (Phi) is 7.71. The molecule has 6 nitrogen and oxygen atoms in total. The Bertz CT molecular complexity index is 526. The predicted octanol–water partition coefficient (Wildman–Crippen LogP) is 3.63. The smallest absolute Gasteiger partial charge is 0.328 e. The number of halogens is 1. The molecule has 1 aromatic heterocycles. The van der Waals surface area contributed by atoms with Gasteiger partial charge in [0.25, 0.3) is 0 Å². The number of carbonyl (C=O) groups excluding carboxylic acids is 1. The van der Waals surface area contributed by atoms with Crippen molar-refractivity contribution >= 4 is 34.1 Å². The van der Waals surface area contributed by atoms with Crippen molar-refractivity contribution in [1.82, 2.24) is 15.1 Å². The van der Waals surface area contributed by atoms with Crippen LogP contribution in [0.5, 0.6) is 0 Å². The van der Waals surface area contributed by atoms with Gasteiger partial charge >= 0.3 is 6.03 Å². The van der Waals surface area contributed by atoms with Gasteiger partial charge in [-0.25, -0.2) is 9.69 Å². The Morgan fingerprint density at radius 2 is 2.17 bits per heavy atom. The van der Waals surface area contributed by atoms with Crippen molar-refractivity contribution in [1.29, 1.82) is 0 Å². The molecule has 0 saturated carbocycles. The van der Waals surface area contributed by atoms with Crippen molar-refractivity contribution < 1.29 is 9.90 Å². The lowest BCUT2D eigenvalue weighted by molar-refractivity contribution is 0.108. The molecule has 0 aliphatic carbocycles. The highest BCUT2D eigenvalue weighted by Gasteiger charge is 2.35. The van der Waals surface area contributed by atoms with Crippen LogP contribution in [0.4, 0.5) is 9.93 Å². The molecule has 24 heavy (non-hydrogen) atoms. The van der Waals surface area contributed by atoms with E-state index in [0.717, 1.165) is 24.3 Å². The number of nitrogens with zero attached hydrogens (tertiary/aromatic N) is 4. The maximum absolute atomic E-state index is 12.6. The topological polar surface area (TPSA) is 69.6 Å². The number of amides is 2. The van der Waals surface area contributed by atoms with Gasteiger partial charge in [0.05, 0.1) is 0 Å². The summed E-state index contributed by atoms with van der Waals surface area (Å²) in [5.74, 6) is 0. The molecule has 2 heterocycles. The first-order chi connectivity index (χ1) is 11.5. The van der Waals surface area contributed by atoms with Gasteiger partial charge in [0.15, 0.2) is 0 Å². The fraction of sp³-hybridized carbons (Fsp3) is 0.812. The summed E-state index contributed by atoms with van der Waals surface area (Å²) in [4.78, 5) is 15.7. The normalized spacial score (nSPS) is 19.8. The highest BCUT2D eigenvalue weighted by Crippen LogP contribution is 2.28. The number of rotatable bonds is 9. The number of aromatic nitrogens is 2. The molecule has 1 aromatic rings. The van der Waals surface area contributed by atoms with Gasteiger partial charge in [-0.2, -0.15) is 0 Å². The molecular formula is C16H27ClN4O2S. The molecule has 1 aliphatic rings. The van der Waals surface area contributed by atoms with Gasteiger partial charge in [0.1, 0.15) is 11.2 Å². The molecule has 2 rings (SSSR count). The van der Waals surface area contributed by atoms with Crippen molar-refractivity contribution in [3.63, 3.8) is 0 Å². The first-order valence-corrected chi connectivity index (χ1v) is 10.0. The lowest BCUT2D eigenvalue weighted by atomic mass is 10.2. The second kappa shape index (κ2) is 9.53. The zero-order valence-corrected chi connectivity index (χ0v) is 16.0. The van der Waals surface area contributed by atoms with Crippen LogP contribution in [0.2, 0.25) is 0 Å². The van der Waals surface area contributed by atoms with Crippen LogP contribution in [0.15, 0.2) is 0 Å². The van der Waals surface area contributed by atoms with Gasteiger partial charge in [-0.3, -0.25) is 0 Å². The monoisotopic (exact) mass is 374 g/mol. The van der Waals surface area contributed by atoms with E-state index in [-0.39, 0.29) is 11.4 Å². The number of anilines is 1. The van der Waals surface area contributed by atoms with Crippen molar-refractivity contribution in [3.8, 4) is 0 Å². The number of aryl methyl sites for hydroxylation is 1. The van der Waals surface area contributed by atoms with E-state index in [1.807, 2.05) is 6.92 Å². The molecule has 1 N–H and O–H groups in total. The number of alkyl halides is 1. The molecule has 0 spiro atoms. The van der Waals surface area contributed by atoms with E-state index in [9.17, 15) is 9.90 Å². The summed E-state index contributed by atoms with van der Waals surface area (Å²) in [6.07, 6.45) is 5.98. The average Bonchev–Trinajstić information content (AvgIpc) is 2.99. The number of carbonyl (C=O) groups is 1. The summed E-state index contributed by atoms with van der Waals surface area (Å²) < 4.78 is 0. The van der Waals surface area contributed by atoms with Crippen LogP contribution in [-0.4, -0.2) is 50.9 Å². The molecular weight excluding hydrogens is 348 g/mol. The van der Waals surface area contributed by atoms with Crippen LogP contribution in [0.1, 0.15) is 57.4 Å².